The molecular formula is C16H24F2N2. The van der Waals surface area contributed by atoms with Crippen molar-refractivity contribution in [2.75, 3.05) is 14.1 Å². The highest BCUT2D eigenvalue weighted by Gasteiger charge is 2.39. The van der Waals surface area contributed by atoms with E-state index >= 15 is 0 Å². The third-order valence-electron chi connectivity index (χ3n) is 4.68. The van der Waals surface area contributed by atoms with Crippen molar-refractivity contribution < 1.29 is 8.78 Å². The molecule has 1 fully saturated rings. The van der Waals surface area contributed by atoms with E-state index in [0.717, 1.165) is 18.9 Å². The normalized spacial score (nSPS) is 20.1. The van der Waals surface area contributed by atoms with Crippen molar-refractivity contribution in [3.8, 4) is 0 Å². The van der Waals surface area contributed by atoms with Crippen LogP contribution in [-0.2, 0) is 6.42 Å². The Morgan fingerprint density at radius 1 is 1.10 bits per heavy atom. The Kier molecular flexibility index (Phi) is 4.76. The Hall–Kier alpha value is -1.00. The van der Waals surface area contributed by atoms with Gasteiger partial charge in [-0.1, -0.05) is 19.3 Å². The van der Waals surface area contributed by atoms with Crippen molar-refractivity contribution in [3.63, 3.8) is 0 Å². The first kappa shape index (κ1) is 15.4. The van der Waals surface area contributed by atoms with E-state index in [4.69, 9.17) is 5.73 Å². The van der Waals surface area contributed by atoms with Gasteiger partial charge in [0.05, 0.1) is 0 Å². The van der Waals surface area contributed by atoms with Gasteiger partial charge in [-0.2, -0.15) is 0 Å². The van der Waals surface area contributed by atoms with Crippen LogP contribution in [0.4, 0.5) is 8.78 Å². The molecule has 2 rings (SSSR count). The van der Waals surface area contributed by atoms with Crippen LogP contribution in [0.3, 0.4) is 0 Å². The number of nitrogens with zero attached hydrogens (tertiary/aromatic N) is 1. The summed E-state index contributed by atoms with van der Waals surface area (Å²) < 4.78 is 26.6. The second-order valence-corrected chi connectivity index (χ2v) is 6.15. The maximum atomic E-state index is 13.3. The number of rotatable bonds is 4. The molecule has 0 aromatic heterocycles. The standard InChI is InChI=1S/C16H24F2N2/c1-20(2)16(6-4-3-5-7-16)15(19)10-12-8-13(17)11-14(18)9-12/h8-9,11,15H,3-7,10,19H2,1-2H3. The van der Waals surface area contributed by atoms with E-state index in [1.807, 2.05) is 0 Å². The average molecular weight is 282 g/mol. The molecule has 0 aliphatic heterocycles. The molecule has 1 aromatic rings. The smallest absolute Gasteiger partial charge is 0.126 e. The molecule has 0 bridgehead atoms. The Morgan fingerprint density at radius 2 is 1.65 bits per heavy atom. The molecule has 0 amide bonds. The van der Waals surface area contributed by atoms with E-state index in [-0.39, 0.29) is 11.6 Å². The van der Waals surface area contributed by atoms with Gasteiger partial charge in [-0.25, -0.2) is 8.78 Å². The van der Waals surface area contributed by atoms with Crippen LogP contribution in [0, 0.1) is 11.6 Å². The summed E-state index contributed by atoms with van der Waals surface area (Å²) in [7, 11) is 4.11. The van der Waals surface area contributed by atoms with E-state index in [9.17, 15) is 8.78 Å². The number of hydrogen-bond donors (Lipinski definition) is 1. The van der Waals surface area contributed by atoms with Gasteiger partial charge in [-0.15, -0.1) is 0 Å². The first-order chi connectivity index (χ1) is 9.44. The van der Waals surface area contributed by atoms with E-state index < -0.39 is 11.6 Å². The van der Waals surface area contributed by atoms with Crippen LogP contribution in [0.2, 0.25) is 0 Å². The van der Waals surface area contributed by atoms with Crippen LogP contribution in [0.25, 0.3) is 0 Å². The van der Waals surface area contributed by atoms with Crippen molar-refractivity contribution in [1.29, 1.82) is 0 Å². The van der Waals surface area contributed by atoms with E-state index in [1.54, 1.807) is 0 Å². The van der Waals surface area contributed by atoms with Crippen molar-refractivity contribution in [3.05, 3.63) is 35.4 Å². The number of hydrogen-bond acceptors (Lipinski definition) is 2. The highest BCUT2D eigenvalue weighted by atomic mass is 19.1. The SMILES string of the molecule is CN(C)C1(C(N)Cc2cc(F)cc(F)c2)CCCCC1. The molecule has 1 atom stereocenters. The van der Waals surface area contributed by atoms with Gasteiger partial charge in [-0.05, 0) is 51.1 Å². The summed E-state index contributed by atoms with van der Waals surface area (Å²) in [5, 5.41) is 0. The first-order valence-corrected chi connectivity index (χ1v) is 7.32. The quantitative estimate of drug-likeness (QED) is 0.919. The molecule has 2 nitrogen and oxygen atoms in total. The van der Waals surface area contributed by atoms with Crippen molar-refractivity contribution in [2.24, 2.45) is 5.73 Å². The molecule has 1 aliphatic carbocycles. The van der Waals surface area contributed by atoms with Gasteiger partial charge in [0.2, 0.25) is 0 Å². The molecule has 1 aromatic carbocycles. The predicted octanol–water partition coefficient (Wildman–Crippen LogP) is 3.10. The van der Waals surface area contributed by atoms with Crippen LogP contribution in [-0.4, -0.2) is 30.6 Å². The van der Waals surface area contributed by atoms with Gasteiger partial charge >= 0.3 is 0 Å². The molecule has 2 N–H and O–H groups in total. The van der Waals surface area contributed by atoms with Gasteiger partial charge < -0.3 is 10.6 Å². The van der Waals surface area contributed by atoms with Crippen molar-refractivity contribution >= 4 is 0 Å². The summed E-state index contributed by atoms with van der Waals surface area (Å²) in [5.41, 5.74) is 7.02. The highest BCUT2D eigenvalue weighted by molar-refractivity contribution is 5.20. The third kappa shape index (κ3) is 3.18. The second-order valence-electron chi connectivity index (χ2n) is 6.15. The van der Waals surface area contributed by atoms with Crippen LogP contribution in [0.15, 0.2) is 18.2 Å². The van der Waals surface area contributed by atoms with Crippen molar-refractivity contribution in [1.82, 2.24) is 4.90 Å². The molecule has 1 saturated carbocycles. The number of benzene rings is 1. The summed E-state index contributed by atoms with van der Waals surface area (Å²) in [6, 6.07) is 3.56. The Morgan fingerprint density at radius 3 is 2.15 bits per heavy atom. The molecule has 20 heavy (non-hydrogen) atoms. The molecular weight excluding hydrogens is 258 g/mol. The monoisotopic (exact) mass is 282 g/mol. The van der Waals surface area contributed by atoms with Gasteiger partial charge in [0.25, 0.3) is 0 Å². The molecule has 1 unspecified atom stereocenters. The van der Waals surface area contributed by atoms with E-state index in [1.165, 1.54) is 31.4 Å². The molecule has 112 valence electrons. The van der Waals surface area contributed by atoms with Crippen LogP contribution >= 0.6 is 0 Å². The molecule has 0 spiro atoms. The van der Waals surface area contributed by atoms with Crippen LogP contribution in [0.1, 0.15) is 37.7 Å². The predicted molar refractivity (Wildman–Crippen MR) is 77.5 cm³/mol. The zero-order valence-corrected chi connectivity index (χ0v) is 12.3. The second kappa shape index (κ2) is 6.19. The van der Waals surface area contributed by atoms with E-state index in [2.05, 4.69) is 19.0 Å². The first-order valence-electron chi connectivity index (χ1n) is 7.32. The largest absolute Gasteiger partial charge is 0.326 e. The minimum atomic E-state index is -0.533. The lowest BCUT2D eigenvalue weighted by atomic mass is 9.74. The fraction of sp³-hybridized carbons (Fsp3) is 0.625. The maximum absolute atomic E-state index is 13.3. The Balaban J connectivity index is 2.17. The zero-order chi connectivity index (χ0) is 14.8. The average Bonchev–Trinajstić information content (AvgIpc) is 2.38. The molecule has 0 radical (unpaired) electrons. The summed E-state index contributed by atoms with van der Waals surface area (Å²) in [4.78, 5) is 2.20. The Bertz CT molecular complexity index is 434. The molecule has 1 aliphatic rings. The molecule has 0 heterocycles. The summed E-state index contributed by atoms with van der Waals surface area (Å²) in [6.07, 6.45) is 6.20. The van der Waals surface area contributed by atoms with Gasteiger partial charge in [0, 0.05) is 17.6 Å². The van der Waals surface area contributed by atoms with Crippen LogP contribution < -0.4 is 5.73 Å². The van der Waals surface area contributed by atoms with Gasteiger partial charge in [0.15, 0.2) is 0 Å². The minimum Gasteiger partial charge on any atom is -0.326 e. The lowest BCUT2D eigenvalue weighted by Crippen LogP contribution is -2.59. The molecule has 4 heteroatoms. The third-order valence-corrected chi connectivity index (χ3v) is 4.68. The summed E-state index contributed by atoms with van der Waals surface area (Å²) in [5.74, 6) is -1.07. The summed E-state index contributed by atoms with van der Waals surface area (Å²) >= 11 is 0. The topological polar surface area (TPSA) is 29.3 Å². The lowest BCUT2D eigenvalue weighted by Gasteiger charge is -2.47. The van der Waals surface area contributed by atoms with Crippen LogP contribution in [0.5, 0.6) is 0 Å². The van der Waals surface area contributed by atoms with E-state index in [0.29, 0.717) is 12.0 Å². The number of halogens is 2. The number of likely N-dealkylation sites (N-methyl/N-ethyl adjacent to an activating group) is 1. The zero-order valence-electron chi connectivity index (χ0n) is 12.3. The number of nitrogens with two attached hydrogens (primary N) is 1. The van der Waals surface area contributed by atoms with Gasteiger partial charge in [-0.3, -0.25) is 0 Å². The molecule has 0 saturated heterocycles. The fourth-order valence-electron chi connectivity index (χ4n) is 3.49. The maximum Gasteiger partial charge on any atom is 0.126 e. The highest BCUT2D eigenvalue weighted by Crippen LogP contribution is 2.35. The van der Waals surface area contributed by atoms with Gasteiger partial charge in [0.1, 0.15) is 11.6 Å². The van der Waals surface area contributed by atoms with Crippen molar-refractivity contribution in [2.45, 2.75) is 50.1 Å². The minimum absolute atomic E-state index is 0.0545. The fourth-order valence-corrected chi connectivity index (χ4v) is 3.49. The lowest BCUT2D eigenvalue weighted by molar-refractivity contribution is 0.0715. The summed E-state index contributed by atoms with van der Waals surface area (Å²) in [6.45, 7) is 0. The Labute approximate surface area is 120 Å².